The zero-order valence-corrected chi connectivity index (χ0v) is 13.8. The van der Waals surface area contributed by atoms with Crippen LogP contribution in [-0.4, -0.2) is 10.5 Å². The van der Waals surface area contributed by atoms with Crippen molar-refractivity contribution in [3.05, 3.63) is 28.0 Å². The van der Waals surface area contributed by atoms with Gasteiger partial charge in [-0.25, -0.2) is 0 Å². The number of carbonyl (C=O) groups excluding carboxylic acids is 1. The predicted octanol–water partition coefficient (Wildman–Crippen LogP) is 4.00. The average molecular weight is 333 g/mol. The van der Waals surface area contributed by atoms with E-state index in [4.69, 9.17) is 18.0 Å². The summed E-state index contributed by atoms with van der Waals surface area (Å²) in [5, 5.41) is 0.672. The summed E-state index contributed by atoms with van der Waals surface area (Å²) in [6.07, 6.45) is 10.8. The second kappa shape index (κ2) is 6.68. The molecule has 0 unspecified atom stereocenters. The van der Waals surface area contributed by atoms with Gasteiger partial charge in [0.1, 0.15) is 0 Å². The standard InChI is InChI=1S/C17H17ClN2OS/c1-2-9-20-14-8-7-13(18)11-15(14)22-17(20)19-16(21)10-12-5-3-4-6-12/h1,7-8,11-12H,3-6,9-10H2. The van der Waals surface area contributed by atoms with Crippen LogP contribution in [0.4, 0.5) is 0 Å². The van der Waals surface area contributed by atoms with Crippen LogP contribution in [0.15, 0.2) is 23.2 Å². The summed E-state index contributed by atoms with van der Waals surface area (Å²) in [6.45, 7) is 0.400. The molecular formula is C17H17ClN2OS. The zero-order valence-electron chi connectivity index (χ0n) is 12.2. The second-order valence-corrected chi connectivity index (χ2v) is 7.09. The molecule has 22 heavy (non-hydrogen) atoms. The van der Waals surface area contributed by atoms with Crippen LogP contribution >= 0.6 is 22.9 Å². The van der Waals surface area contributed by atoms with E-state index in [1.54, 1.807) is 0 Å². The van der Waals surface area contributed by atoms with E-state index < -0.39 is 0 Å². The maximum absolute atomic E-state index is 12.2. The van der Waals surface area contributed by atoms with Crippen LogP contribution in [0.3, 0.4) is 0 Å². The monoisotopic (exact) mass is 332 g/mol. The van der Waals surface area contributed by atoms with E-state index in [9.17, 15) is 4.79 Å². The lowest BCUT2D eigenvalue weighted by atomic mass is 10.0. The van der Waals surface area contributed by atoms with Crippen LogP contribution in [0, 0.1) is 18.3 Å². The normalized spacial score (nSPS) is 16.3. The lowest BCUT2D eigenvalue weighted by molar-refractivity contribution is -0.118. The third-order valence-corrected chi connectivity index (χ3v) is 5.33. The minimum absolute atomic E-state index is 0.0460. The molecule has 3 rings (SSSR count). The smallest absolute Gasteiger partial charge is 0.248 e. The van der Waals surface area contributed by atoms with E-state index in [1.807, 2.05) is 22.8 Å². The van der Waals surface area contributed by atoms with E-state index in [2.05, 4.69) is 10.9 Å². The number of aromatic nitrogens is 1. The third kappa shape index (κ3) is 3.26. The molecule has 0 radical (unpaired) electrons. The molecule has 0 saturated heterocycles. The molecule has 0 aliphatic heterocycles. The number of carbonyl (C=O) groups is 1. The Balaban J connectivity index is 1.97. The first-order chi connectivity index (χ1) is 10.7. The van der Waals surface area contributed by atoms with Gasteiger partial charge < -0.3 is 4.57 Å². The number of thiazole rings is 1. The van der Waals surface area contributed by atoms with Gasteiger partial charge in [-0.05, 0) is 37.0 Å². The summed E-state index contributed by atoms with van der Waals surface area (Å²) in [5.74, 6) is 3.08. The van der Waals surface area contributed by atoms with Gasteiger partial charge in [0.25, 0.3) is 0 Å². The SMILES string of the molecule is C#CCn1c(=NC(=O)CC2CCCC2)sc2cc(Cl)ccc21. The summed E-state index contributed by atoms with van der Waals surface area (Å²) in [5.41, 5.74) is 0.972. The maximum atomic E-state index is 12.2. The van der Waals surface area contributed by atoms with Crippen LogP contribution in [0.25, 0.3) is 10.2 Å². The van der Waals surface area contributed by atoms with E-state index in [0.29, 0.717) is 28.7 Å². The molecule has 1 heterocycles. The number of amides is 1. The lowest BCUT2D eigenvalue weighted by Gasteiger charge is -2.04. The molecule has 0 N–H and O–H groups in total. The number of terminal acetylenes is 1. The fraction of sp³-hybridized carbons (Fsp3) is 0.412. The van der Waals surface area contributed by atoms with Gasteiger partial charge in [-0.3, -0.25) is 4.79 Å². The molecular weight excluding hydrogens is 316 g/mol. The van der Waals surface area contributed by atoms with Crippen molar-refractivity contribution in [1.82, 2.24) is 4.57 Å². The van der Waals surface area contributed by atoms with Gasteiger partial charge in [-0.15, -0.1) is 6.42 Å². The Morgan fingerprint density at radius 3 is 2.95 bits per heavy atom. The van der Waals surface area contributed by atoms with Gasteiger partial charge in [0.05, 0.1) is 16.8 Å². The molecule has 0 bridgehead atoms. The molecule has 1 amide bonds. The van der Waals surface area contributed by atoms with E-state index in [-0.39, 0.29) is 5.91 Å². The summed E-state index contributed by atoms with van der Waals surface area (Å²) >= 11 is 7.50. The van der Waals surface area contributed by atoms with Gasteiger partial charge in [-0.2, -0.15) is 4.99 Å². The summed E-state index contributed by atoms with van der Waals surface area (Å²) in [6, 6.07) is 5.63. The van der Waals surface area contributed by atoms with Crippen molar-refractivity contribution in [2.45, 2.75) is 38.6 Å². The largest absolute Gasteiger partial charge is 0.305 e. The van der Waals surface area contributed by atoms with Crippen LogP contribution in [0.5, 0.6) is 0 Å². The first kappa shape index (κ1) is 15.3. The highest BCUT2D eigenvalue weighted by molar-refractivity contribution is 7.16. The van der Waals surface area contributed by atoms with Crippen molar-refractivity contribution in [3.63, 3.8) is 0 Å². The van der Waals surface area contributed by atoms with Crippen LogP contribution in [-0.2, 0) is 11.3 Å². The van der Waals surface area contributed by atoms with Gasteiger partial charge in [0.2, 0.25) is 5.91 Å². The Labute approximate surface area is 138 Å². The molecule has 1 fully saturated rings. The minimum atomic E-state index is -0.0460. The Kier molecular flexibility index (Phi) is 4.66. The molecule has 1 aliphatic rings. The average Bonchev–Trinajstić information content (AvgIpc) is 3.08. The van der Waals surface area contributed by atoms with E-state index in [0.717, 1.165) is 23.1 Å². The zero-order chi connectivity index (χ0) is 15.5. The molecule has 114 valence electrons. The molecule has 1 aromatic carbocycles. The first-order valence-corrected chi connectivity index (χ1v) is 8.67. The lowest BCUT2D eigenvalue weighted by Crippen LogP contribution is -2.17. The van der Waals surface area contributed by atoms with Crippen molar-refractivity contribution in [2.24, 2.45) is 10.9 Å². The fourth-order valence-corrected chi connectivity index (χ4v) is 4.31. The maximum Gasteiger partial charge on any atom is 0.248 e. The Bertz CT molecular complexity index is 806. The number of benzene rings is 1. The predicted molar refractivity (Wildman–Crippen MR) is 90.8 cm³/mol. The molecule has 1 aliphatic carbocycles. The van der Waals surface area contributed by atoms with Crippen molar-refractivity contribution in [2.75, 3.05) is 0 Å². The summed E-state index contributed by atoms with van der Waals surface area (Å²) in [4.78, 5) is 17.2. The highest BCUT2D eigenvalue weighted by atomic mass is 35.5. The molecule has 1 aromatic heterocycles. The number of hydrogen-bond acceptors (Lipinski definition) is 2. The molecule has 0 atom stereocenters. The number of halogens is 1. The molecule has 2 aromatic rings. The van der Waals surface area contributed by atoms with Crippen LogP contribution < -0.4 is 4.80 Å². The molecule has 1 saturated carbocycles. The fourth-order valence-electron chi connectivity index (χ4n) is 2.99. The van der Waals surface area contributed by atoms with Gasteiger partial charge in [0, 0.05) is 11.4 Å². The van der Waals surface area contributed by atoms with Gasteiger partial charge in [-0.1, -0.05) is 41.7 Å². The van der Waals surface area contributed by atoms with Crippen molar-refractivity contribution in [3.8, 4) is 12.3 Å². The Morgan fingerprint density at radius 1 is 1.45 bits per heavy atom. The summed E-state index contributed by atoms with van der Waals surface area (Å²) in [7, 11) is 0. The van der Waals surface area contributed by atoms with Crippen LogP contribution in [0.2, 0.25) is 5.02 Å². The van der Waals surface area contributed by atoms with E-state index in [1.165, 1.54) is 24.2 Å². The van der Waals surface area contributed by atoms with Crippen LogP contribution in [0.1, 0.15) is 32.1 Å². The first-order valence-electron chi connectivity index (χ1n) is 7.47. The Morgan fingerprint density at radius 2 is 2.23 bits per heavy atom. The summed E-state index contributed by atoms with van der Waals surface area (Å²) < 4.78 is 2.90. The quantitative estimate of drug-likeness (QED) is 0.782. The number of nitrogens with zero attached hydrogens (tertiary/aromatic N) is 2. The van der Waals surface area contributed by atoms with Crippen molar-refractivity contribution >= 4 is 39.1 Å². The molecule has 0 spiro atoms. The Hall–Kier alpha value is -1.57. The van der Waals surface area contributed by atoms with Gasteiger partial charge >= 0.3 is 0 Å². The molecule has 5 heteroatoms. The number of hydrogen-bond donors (Lipinski definition) is 0. The highest BCUT2D eigenvalue weighted by Crippen LogP contribution is 2.27. The number of rotatable bonds is 3. The van der Waals surface area contributed by atoms with Crippen molar-refractivity contribution < 1.29 is 4.79 Å². The third-order valence-electron chi connectivity index (χ3n) is 4.05. The van der Waals surface area contributed by atoms with E-state index >= 15 is 0 Å². The number of fused-ring (bicyclic) bond motifs is 1. The minimum Gasteiger partial charge on any atom is -0.305 e. The highest BCUT2D eigenvalue weighted by Gasteiger charge is 2.18. The van der Waals surface area contributed by atoms with Gasteiger partial charge in [0.15, 0.2) is 4.80 Å². The molecule has 3 nitrogen and oxygen atoms in total. The second-order valence-electron chi connectivity index (χ2n) is 5.65. The topological polar surface area (TPSA) is 34.4 Å². The van der Waals surface area contributed by atoms with Crippen molar-refractivity contribution in [1.29, 1.82) is 0 Å².